The average molecular weight is 803 g/mol. The second-order valence-electron chi connectivity index (χ2n) is 13.4. The third-order valence-electron chi connectivity index (χ3n) is 8.22. The molecular formula is C41H90N2O10S. The van der Waals surface area contributed by atoms with Gasteiger partial charge in [0.1, 0.15) is 0 Å². The van der Waals surface area contributed by atoms with Crippen molar-refractivity contribution in [1.29, 1.82) is 0 Å². The highest BCUT2D eigenvalue weighted by molar-refractivity contribution is 7.80. The summed E-state index contributed by atoms with van der Waals surface area (Å²) in [5.41, 5.74) is 0. The molecule has 0 fully saturated rings. The van der Waals surface area contributed by atoms with E-state index in [0.29, 0.717) is 32.5 Å². The molecule has 0 aromatic carbocycles. The summed E-state index contributed by atoms with van der Waals surface area (Å²) in [7, 11) is 0.312. The molecule has 0 aliphatic rings. The number of nitrogens with one attached hydrogen (secondary N) is 2. The number of rotatable bonds is 34. The van der Waals surface area contributed by atoms with E-state index >= 15 is 0 Å². The molecule has 54 heavy (non-hydrogen) atoms. The lowest BCUT2D eigenvalue weighted by Crippen LogP contribution is -2.10. The Kier molecular flexibility index (Phi) is 66.9. The van der Waals surface area contributed by atoms with Crippen molar-refractivity contribution >= 4 is 22.3 Å². The molecule has 0 aliphatic carbocycles. The van der Waals surface area contributed by atoms with Gasteiger partial charge >= 0.3 is 22.3 Å². The van der Waals surface area contributed by atoms with E-state index in [9.17, 15) is 18.0 Å². The first-order valence-electron chi connectivity index (χ1n) is 21.4. The number of aliphatic hydroxyl groups is 2. The van der Waals surface area contributed by atoms with Gasteiger partial charge in [-0.2, -0.15) is 8.42 Å². The number of carbonyl (C=O) groups is 2. The van der Waals surface area contributed by atoms with Crippen LogP contribution in [-0.2, 0) is 28.9 Å². The number of carbonyl (C=O) groups excluding carboxylic acids is 1. The van der Waals surface area contributed by atoms with Gasteiger partial charge in [0.25, 0.3) is 0 Å². The van der Waals surface area contributed by atoms with Crippen LogP contribution < -0.4 is 10.6 Å². The van der Waals surface area contributed by atoms with E-state index in [1.165, 1.54) is 148 Å². The molecular weight excluding hydrogens is 713 g/mol. The minimum absolute atomic E-state index is 0.0319. The largest absolute Gasteiger partial charge is 0.481 e. The summed E-state index contributed by atoms with van der Waals surface area (Å²) in [5.74, 6) is -0.686. The van der Waals surface area contributed by atoms with E-state index in [4.69, 9.17) is 24.6 Å². The Balaban J connectivity index is -0.000000212. The van der Waals surface area contributed by atoms with Gasteiger partial charge in [-0.25, -0.2) is 0 Å². The van der Waals surface area contributed by atoms with Crippen LogP contribution in [0, 0.1) is 0 Å². The number of esters is 1. The lowest BCUT2D eigenvalue weighted by molar-refractivity contribution is -0.143. The molecule has 0 aromatic rings. The van der Waals surface area contributed by atoms with Gasteiger partial charge in [0.05, 0.1) is 26.9 Å². The predicted octanol–water partition coefficient (Wildman–Crippen LogP) is 9.41. The topological polar surface area (TPSA) is 192 Å². The fraction of sp³-hybridized carbons (Fsp3) is 0.951. The van der Waals surface area contributed by atoms with Gasteiger partial charge < -0.3 is 30.7 Å². The minimum atomic E-state index is -4.16. The number of ether oxygens (including phenoxy) is 1. The van der Waals surface area contributed by atoms with Gasteiger partial charge in [-0.1, -0.05) is 168 Å². The quantitative estimate of drug-likeness (QED) is 0.0206. The molecule has 0 aliphatic heterocycles. The average Bonchev–Trinajstić information content (AvgIpc) is 3.13. The number of aliphatic carboxylic acids is 1. The molecule has 0 atom stereocenters. The van der Waals surface area contributed by atoms with Crippen molar-refractivity contribution in [2.75, 3.05) is 54.1 Å². The molecule has 6 N–H and O–H groups in total. The first kappa shape index (κ1) is 61.9. The first-order valence-corrected chi connectivity index (χ1v) is 22.7. The standard InChI is InChI=1S/C18H36O2.C16H32O2.2C3H9NO.CH4O4S/c1-3-5-6-7-8-9-10-11-12-13-14-15-16-17-18(19)20-4-2;1-2-3-4-5-6-7-8-9-10-11-12-13-14-15-16(17)18;2*1-4-2-3-5;1-5-6(2,3)4/h3-17H2,1-2H3;2-15H2,1H3,(H,17,18);2*4-5H,2-3H2,1H3;1H3,(H,2,3,4). The lowest BCUT2D eigenvalue weighted by atomic mass is 10.0. The highest BCUT2D eigenvalue weighted by atomic mass is 32.3. The van der Waals surface area contributed by atoms with Gasteiger partial charge in [0, 0.05) is 25.9 Å². The third kappa shape index (κ3) is 83.6. The van der Waals surface area contributed by atoms with E-state index in [1.54, 1.807) is 14.1 Å². The van der Waals surface area contributed by atoms with Gasteiger partial charge in [0.2, 0.25) is 0 Å². The maximum absolute atomic E-state index is 11.1. The highest BCUT2D eigenvalue weighted by Gasteiger charge is 2.01. The Morgan fingerprint density at radius 2 is 0.778 bits per heavy atom. The van der Waals surface area contributed by atoms with Crippen LogP contribution in [0.15, 0.2) is 0 Å². The van der Waals surface area contributed by atoms with Crippen molar-refractivity contribution in [1.82, 2.24) is 10.6 Å². The van der Waals surface area contributed by atoms with Crippen LogP contribution in [0.25, 0.3) is 0 Å². The summed E-state index contributed by atoms with van der Waals surface area (Å²) in [5, 5.41) is 30.0. The van der Waals surface area contributed by atoms with Crippen molar-refractivity contribution in [2.24, 2.45) is 0 Å². The number of carboxylic acid groups (broad SMARTS) is 1. The maximum atomic E-state index is 11.1. The summed E-state index contributed by atoms with van der Waals surface area (Å²) in [4.78, 5) is 21.4. The molecule has 0 radical (unpaired) electrons. The van der Waals surface area contributed by atoms with E-state index in [1.807, 2.05) is 6.92 Å². The fourth-order valence-corrected chi connectivity index (χ4v) is 5.04. The normalized spacial score (nSPS) is 10.4. The van der Waals surface area contributed by atoms with Gasteiger partial charge in [-0.3, -0.25) is 18.3 Å². The minimum Gasteiger partial charge on any atom is -0.481 e. The van der Waals surface area contributed by atoms with Crippen molar-refractivity contribution in [3.63, 3.8) is 0 Å². The number of aliphatic hydroxyl groups excluding tert-OH is 2. The summed E-state index contributed by atoms with van der Waals surface area (Å²) >= 11 is 0. The van der Waals surface area contributed by atoms with Crippen molar-refractivity contribution in [3.8, 4) is 0 Å². The molecule has 13 heteroatoms. The van der Waals surface area contributed by atoms with E-state index in [-0.39, 0.29) is 19.2 Å². The number of hydrogen-bond donors (Lipinski definition) is 6. The van der Waals surface area contributed by atoms with Crippen LogP contribution in [0.1, 0.15) is 201 Å². The summed E-state index contributed by atoms with van der Waals surface area (Å²) in [6.45, 7) is 8.76. The molecule has 12 nitrogen and oxygen atoms in total. The van der Waals surface area contributed by atoms with Gasteiger partial charge in [0.15, 0.2) is 0 Å². The second kappa shape index (κ2) is 58.4. The Hall–Kier alpha value is -1.35. The summed E-state index contributed by atoms with van der Waals surface area (Å²) in [6.07, 6.45) is 35.3. The number of likely N-dealkylation sites (N-methyl/N-ethyl adjacent to an activating group) is 2. The lowest BCUT2D eigenvalue weighted by Gasteiger charge is -2.03. The molecule has 330 valence electrons. The van der Waals surface area contributed by atoms with Crippen molar-refractivity contribution in [2.45, 2.75) is 201 Å². The molecule has 0 rings (SSSR count). The number of unbranched alkanes of at least 4 members (excludes halogenated alkanes) is 24. The van der Waals surface area contributed by atoms with E-state index in [0.717, 1.165) is 26.4 Å². The van der Waals surface area contributed by atoms with E-state index in [2.05, 4.69) is 28.7 Å². The Morgan fingerprint density at radius 3 is 0.963 bits per heavy atom. The highest BCUT2D eigenvalue weighted by Crippen LogP contribution is 2.14. The smallest absolute Gasteiger partial charge is 0.397 e. The molecule has 0 saturated heterocycles. The first-order chi connectivity index (χ1) is 26.0. The molecule has 0 heterocycles. The van der Waals surface area contributed by atoms with Gasteiger partial charge in [-0.15, -0.1) is 0 Å². The third-order valence-corrected chi connectivity index (χ3v) is 8.64. The van der Waals surface area contributed by atoms with Gasteiger partial charge in [-0.05, 0) is 33.9 Å². The Bertz CT molecular complexity index is 780. The zero-order chi connectivity index (χ0) is 41.8. The molecule has 0 unspecified atom stereocenters. The number of hydrogen-bond acceptors (Lipinski definition) is 10. The monoisotopic (exact) mass is 803 g/mol. The van der Waals surface area contributed by atoms with Crippen molar-refractivity contribution in [3.05, 3.63) is 0 Å². The van der Waals surface area contributed by atoms with E-state index < -0.39 is 16.4 Å². The molecule has 0 bridgehead atoms. The SMILES string of the molecule is CCCCCCCCCCCCCCCC(=O)O.CCCCCCCCCCCCCCCC(=O)OCC.CNCCO.CNCCO.COS(=O)(=O)O. The van der Waals surface area contributed by atoms with Crippen LogP contribution in [0.3, 0.4) is 0 Å². The van der Waals surface area contributed by atoms with Crippen LogP contribution in [0.2, 0.25) is 0 Å². The summed E-state index contributed by atoms with van der Waals surface area (Å²) in [6, 6.07) is 0. The number of carboxylic acids is 1. The van der Waals surface area contributed by atoms with Crippen LogP contribution in [-0.4, -0.2) is 94.3 Å². The molecule has 0 saturated carbocycles. The fourth-order valence-electron chi connectivity index (χ4n) is 5.04. The second-order valence-corrected chi connectivity index (χ2v) is 14.6. The van der Waals surface area contributed by atoms with Crippen LogP contribution in [0.5, 0.6) is 0 Å². The zero-order valence-electron chi connectivity index (χ0n) is 36.0. The molecule has 0 amide bonds. The maximum Gasteiger partial charge on any atom is 0.397 e. The summed E-state index contributed by atoms with van der Waals surface area (Å²) < 4.78 is 34.6. The Labute approximate surface area is 333 Å². The zero-order valence-corrected chi connectivity index (χ0v) is 36.8. The molecule has 0 spiro atoms. The predicted molar refractivity (Wildman–Crippen MR) is 225 cm³/mol. The molecule has 0 aromatic heterocycles. The Morgan fingerprint density at radius 1 is 0.519 bits per heavy atom. The van der Waals surface area contributed by atoms with Crippen LogP contribution >= 0.6 is 0 Å². The van der Waals surface area contributed by atoms with Crippen molar-refractivity contribution < 1.29 is 46.8 Å². The van der Waals surface area contributed by atoms with Crippen LogP contribution in [0.4, 0.5) is 0 Å².